The first-order valence-electron chi connectivity index (χ1n) is 6.13. The molecule has 0 saturated carbocycles. The Morgan fingerprint density at radius 1 is 1.41 bits per heavy atom. The van der Waals surface area contributed by atoms with Gasteiger partial charge in [-0.25, -0.2) is 0 Å². The minimum Gasteiger partial charge on any atom is -0.379 e. The van der Waals surface area contributed by atoms with Crippen molar-refractivity contribution < 1.29 is 4.74 Å². The van der Waals surface area contributed by atoms with Gasteiger partial charge in [-0.05, 0) is 18.6 Å². The number of morpholine rings is 1. The summed E-state index contributed by atoms with van der Waals surface area (Å²) in [5.41, 5.74) is 1.17. The van der Waals surface area contributed by atoms with Crippen molar-refractivity contribution in [2.75, 3.05) is 32.8 Å². The van der Waals surface area contributed by atoms with Crippen molar-refractivity contribution in [2.24, 2.45) is 0 Å². The van der Waals surface area contributed by atoms with Crippen molar-refractivity contribution in [1.29, 1.82) is 0 Å². The average molecular weight is 236 g/mol. The van der Waals surface area contributed by atoms with Crippen molar-refractivity contribution in [1.82, 2.24) is 20.4 Å². The molecule has 2 heterocycles. The van der Waals surface area contributed by atoms with E-state index in [1.807, 2.05) is 6.07 Å². The molecule has 1 saturated heterocycles. The molecule has 1 aliphatic rings. The van der Waals surface area contributed by atoms with Gasteiger partial charge in [-0.1, -0.05) is 0 Å². The summed E-state index contributed by atoms with van der Waals surface area (Å²) in [7, 11) is 0. The summed E-state index contributed by atoms with van der Waals surface area (Å²) in [5, 5.41) is 11.1. The average Bonchev–Trinajstić information content (AvgIpc) is 2.39. The second-order valence-corrected chi connectivity index (χ2v) is 4.45. The van der Waals surface area contributed by atoms with Gasteiger partial charge in [-0.3, -0.25) is 4.90 Å². The first-order chi connectivity index (χ1) is 8.34. The highest BCUT2D eigenvalue weighted by molar-refractivity contribution is 5.04. The van der Waals surface area contributed by atoms with Crippen molar-refractivity contribution in [2.45, 2.75) is 19.5 Å². The predicted octanol–water partition coefficient (Wildman–Crippen LogP) is 0.287. The van der Waals surface area contributed by atoms with Crippen LogP contribution in [-0.2, 0) is 11.3 Å². The zero-order valence-electron chi connectivity index (χ0n) is 10.3. The van der Waals surface area contributed by atoms with Crippen LogP contribution < -0.4 is 5.32 Å². The van der Waals surface area contributed by atoms with E-state index in [0.717, 1.165) is 39.4 Å². The van der Waals surface area contributed by atoms with Gasteiger partial charge in [0.05, 0.1) is 19.4 Å². The molecule has 1 aromatic rings. The third-order valence-corrected chi connectivity index (χ3v) is 2.94. The maximum Gasteiger partial charge on any atom is 0.0594 e. The molecule has 2 rings (SSSR count). The highest BCUT2D eigenvalue weighted by Crippen LogP contribution is 2.00. The van der Waals surface area contributed by atoms with Gasteiger partial charge in [-0.2, -0.15) is 10.2 Å². The van der Waals surface area contributed by atoms with Gasteiger partial charge in [-0.15, -0.1) is 0 Å². The first-order valence-corrected chi connectivity index (χ1v) is 6.13. The van der Waals surface area contributed by atoms with Crippen molar-refractivity contribution in [3.8, 4) is 0 Å². The molecule has 1 N–H and O–H groups in total. The molecule has 1 aromatic heterocycles. The fraction of sp³-hybridized carbons (Fsp3) is 0.667. The SMILES string of the molecule is CC(CN1CCOCC1)NCc1ccnnc1. The Hall–Kier alpha value is -1.04. The van der Waals surface area contributed by atoms with E-state index < -0.39 is 0 Å². The molecule has 0 radical (unpaired) electrons. The number of ether oxygens (including phenoxy) is 1. The van der Waals surface area contributed by atoms with E-state index in [4.69, 9.17) is 4.74 Å². The number of rotatable bonds is 5. The van der Waals surface area contributed by atoms with Crippen LogP contribution >= 0.6 is 0 Å². The lowest BCUT2D eigenvalue weighted by atomic mass is 10.2. The normalized spacial score (nSPS) is 19.1. The van der Waals surface area contributed by atoms with Crippen molar-refractivity contribution in [3.05, 3.63) is 24.0 Å². The number of nitrogens with one attached hydrogen (secondary N) is 1. The van der Waals surface area contributed by atoms with Crippen LogP contribution in [-0.4, -0.2) is 54.0 Å². The van der Waals surface area contributed by atoms with Crippen LogP contribution in [0.5, 0.6) is 0 Å². The Balaban J connectivity index is 1.68. The van der Waals surface area contributed by atoms with Gasteiger partial charge >= 0.3 is 0 Å². The summed E-state index contributed by atoms with van der Waals surface area (Å²) >= 11 is 0. The molecule has 5 heteroatoms. The summed E-state index contributed by atoms with van der Waals surface area (Å²) in [4.78, 5) is 2.44. The fourth-order valence-corrected chi connectivity index (χ4v) is 1.95. The van der Waals surface area contributed by atoms with Crippen LogP contribution in [0.15, 0.2) is 18.5 Å². The van der Waals surface area contributed by atoms with Crippen LogP contribution in [0.4, 0.5) is 0 Å². The molecule has 17 heavy (non-hydrogen) atoms. The van der Waals surface area contributed by atoms with Crippen LogP contribution in [0.1, 0.15) is 12.5 Å². The third-order valence-electron chi connectivity index (χ3n) is 2.94. The molecule has 0 aromatic carbocycles. The van der Waals surface area contributed by atoms with Crippen LogP contribution in [0.2, 0.25) is 0 Å². The minimum atomic E-state index is 0.473. The Morgan fingerprint density at radius 3 is 2.94 bits per heavy atom. The van der Waals surface area contributed by atoms with Crippen LogP contribution in [0.3, 0.4) is 0 Å². The minimum absolute atomic E-state index is 0.473. The van der Waals surface area contributed by atoms with E-state index in [-0.39, 0.29) is 0 Å². The van der Waals surface area contributed by atoms with E-state index in [9.17, 15) is 0 Å². The molecule has 0 bridgehead atoms. The predicted molar refractivity (Wildman–Crippen MR) is 65.6 cm³/mol. The molecule has 5 nitrogen and oxygen atoms in total. The van der Waals surface area contributed by atoms with Gasteiger partial charge in [0.2, 0.25) is 0 Å². The summed E-state index contributed by atoms with van der Waals surface area (Å²) in [6.45, 7) is 7.95. The van der Waals surface area contributed by atoms with Gasteiger partial charge in [0.1, 0.15) is 0 Å². The molecule has 1 atom stereocenters. The van der Waals surface area contributed by atoms with E-state index in [0.29, 0.717) is 6.04 Å². The lowest BCUT2D eigenvalue weighted by Gasteiger charge is -2.29. The van der Waals surface area contributed by atoms with Gasteiger partial charge in [0, 0.05) is 38.4 Å². The van der Waals surface area contributed by atoms with E-state index in [1.165, 1.54) is 5.56 Å². The van der Waals surface area contributed by atoms with Crippen LogP contribution in [0, 0.1) is 0 Å². The monoisotopic (exact) mass is 236 g/mol. The molecule has 1 unspecified atom stereocenters. The smallest absolute Gasteiger partial charge is 0.0594 e. The standard InChI is InChI=1S/C12H20N4O/c1-11(10-16-4-6-17-7-5-16)13-8-12-2-3-14-15-9-12/h2-3,9,11,13H,4-8,10H2,1H3. The van der Waals surface area contributed by atoms with Crippen LogP contribution in [0.25, 0.3) is 0 Å². The third kappa shape index (κ3) is 4.38. The van der Waals surface area contributed by atoms with E-state index in [2.05, 4.69) is 27.3 Å². The number of hydrogen-bond acceptors (Lipinski definition) is 5. The molecule has 94 valence electrons. The Bertz CT molecular complexity index is 314. The quantitative estimate of drug-likeness (QED) is 0.796. The first kappa shape index (κ1) is 12.4. The molecule has 0 aliphatic carbocycles. The number of nitrogens with zero attached hydrogens (tertiary/aromatic N) is 3. The van der Waals surface area contributed by atoms with Gasteiger partial charge < -0.3 is 10.1 Å². The largest absolute Gasteiger partial charge is 0.379 e. The van der Waals surface area contributed by atoms with Crippen molar-refractivity contribution in [3.63, 3.8) is 0 Å². The molecule has 0 amide bonds. The van der Waals surface area contributed by atoms with Crippen molar-refractivity contribution >= 4 is 0 Å². The molecular weight excluding hydrogens is 216 g/mol. The Kier molecular flexibility index (Phi) is 4.85. The molecule has 1 aliphatic heterocycles. The molecule has 0 spiro atoms. The van der Waals surface area contributed by atoms with Gasteiger partial charge in [0.15, 0.2) is 0 Å². The maximum atomic E-state index is 5.33. The topological polar surface area (TPSA) is 50.3 Å². The number of aromatic nitrogens is 2. The highest BCUT2D eigenvalue weighted by atomic mass is 16.5. The molecule has 1 fully saturated rings. The lowest BCUT2D eigenvalue weighted by molar-refractivity contribution is 0.0343. The summed E-state index contributed by atoms with van der Waals surface area (Å²) in [6.07, 6.45) is 3.53. The zero-order chi connectivity index (χ0) is 11.9. The summed E-state index contributed by atoms with van der Waals surface area (Å²) < 4.78 is 5.33. The number of hydrogen-bond donors (Lipinski definition) is 1. The van der Waals surface area contributed by atoms with Gasteiger partial charge in [0.25, 0.3) is 0 Å². The summed E-state index contributed by atoms with van der Waals surface area (Å²) in [5.74, 6) is 0. The Labute approximate surface area is 102 Å². The summed E-state index contributed by atoms with van der Waals surface area (Å²) in [6, 6.07) is 2.46. The second kappa shape index (κ2) is 6.64. The zero-order valence-corrected chi connectivity index (χ0v) is 10.3. The second-order valence-electron chi connectivity index (χ2n) is 4.45. The van der Waals surface area contributed by atoms with E-state index in [1.54, 1.807) is 12.4 Å². The maximum absolute atomic E-state index is 5.33. The highest BCUT2D eigenvalue weighted by Gasteiger charge is 2.13. The fourth-order valence-electron chi connectivity index (χ4n) is 1.95. The van der Waals surface area contributed by atoms with E-state index >= 15 is 0 Å². The lowest BCUT2D eigenvalue weighted by Crippen LogP contribution is -2.44. The Morgan fingerprint density at radius 2 is 2.24 bits per heavy atom. The molecular formula is C12H20N4O.